The highest BCUT2D eigenvalue weighted by Gasteiger charge is 2.33. The summed E-state index contributed by atoms with van der Waals surface area (Å²) in [5.41, 5.74) is 5.62. The van der Waals surface area contributed by atoms with Crippen LogP contribution < -0.4 is 5.73 Å². The molecule has 3 heteroatoms. The Hall–Kier alpha value is -0.120. The summed E-state index contributed by atoms with van der Waals surface area (Å²) in [7, 11) is 0. The molecule has 76 valence electrons. The van der Waals surface area contributed by atoms with Crippen LogP contribution in [0.25, 0.3) is 0 Å². The van der Waals surface area contributed by atoms with Crippen molar-refractivity contribution in [1.82, 2.24) is 4.90 Å². The average Bonchev–Trinajstić information content (AvgIpc) is 2.99. The molecule has 1 heterocycles. The van der Waals surface area contributed by atoms with Crippen LogP contribution in [0.3, 0.4) is 0 Å². The maximum Gasteiger partial charge on any atom is 0.0621 e. The van der Waals surface area contributed by atoms with Crippen LogP contribution in [-0.4, -0.2) is 43.3 Å². The van der Waals surface area contributed by atoms with Gasteiger partial charge in [-0.05, 0) is 25.7 Å². The summed E-state index contributed by atoms with van der Waals surface area (Å²) in [5.74, 6) is 0. The van der Waals surface area contributed by atoms with Crippen molar-refractivity contribution in [3.8, 4) is 0 Å². The van der Waals surface area contributed by atoms with E-state index in [4.69, 9.17) is 10.5 Å². The van der Waals surface area contributed by atoms with Crippen LogP contribution in [-0.2, 0) is 4.74 Å². The van der Waals surface area contributed by atoms with E-state index in [0.29, 0.717) is 6.04 Å². The zero-order valence-electron chi connectivity index (χ0n) is 8.24. The van der Waals surface area contributed by atoms with Gasteiger partial charge in [0.05, 0.1) is 6.61 Å². The van der Waals surface area contributed by atoms with Gasteiger partial charge in [0.25, 0.3) is 0 Å². The van der Waals surface area contributed by atoms with E-state index in [1.54, 1.807) is 0 Å². The standard InChI is InChI=1S/C10H20N2O/c11-5-6-12(9-3-4-9)10-2-1-7-13-8-10/h9-10H,1-8,11H2. The van der Waals surface area contributed by atoms with Gasteiger partial charge < -0.3 is 10.5 Å². The van der Waals surface area contributed by atoms with E-state index in [2.05, 4.69) is 4.90 Å². The maximum atomic E-state index is 5.62. The Bertz CT molecular complexity index is 153. The number of ether oxygens (including phenoxy) is 1. The zero-order chi connectivity index (χ0) is 9.10. The third-order valence-electron chi connectivity index (χ3n) is 3.01. The molecule has 1 atom stereocenters. The van der Waals surface area contributed by atoms with Crippen LogP contribution in [0.2, 0.25) is 0 Å². The number of hydrogen-bond acceptors (Lipinski definition) is 3. The topological polar surface area (TPSA) is 38.5 Å². The Kier molecular flexibility index (Phi) is 3.19. The lowest BCUT2D eigenvalue weighted by molar-refractivity contribution is 0.0156. The second-order valence-electron chi connectivity index (χ2n) is 4.13. The number of hydrogen-bond donors (Lipinski definition) is 1. The lowest BCUT2D eigenvalue weighted by atomic mass is 10.1. The van der Waals surface area contributed by atoms with Gasteiger partial charge >= 0.3 is 0 Å². The van der Waals surface area contributed by atoms with Crippen LogP contribution in [0, 0.1) is 0 Å². The fourth-order valence-corrected chi connectivity index (χ4v) is 2.20. The minimum atomic E-state index is 0.657. The van der Waals surface area contributed by atoms with Gasteiger partial charge in [0.15, 0.2) is 0 Å². The van der Waals surface area contributed by atoms with E-state index in [1.165, 1.54) is 25.7 Å². The summed E-state index contributed by atoms with van der Waals surface area (Å²) in [6, 6.07) is 1.49. The molecule has 0 amide bonds. The van der Waals surface area contributed by atoms with Gasteiger partial charge in [-0.25, -0.2) is 0 Å². The summed E-state index contributed by atoms with van der Waals surface area (Å²) in [6.45, 7) is 3.72. The second kappa shape index (κ2) is 4.40. The normalized spacial score (nSPS) is 29.5. The SMILES string of the molecule is NCCN(C1CC1)C1CCCOC1. The van der Waals surface area contributed by atoms with Crippen molar-refractivity contribution in [3.63, 3.8) is 0 Å². The first kappa shape index (κ1) is 9.44. The van der Waals surface area contributed by atoms with Gasteiger partial charge in [-0.3, -0.25) is 4.90 Å². The van der Waals surface area contributed by atoms with Crippen molar-refractivity contribution >= 4 is 0 Å². The smallest absolute Gasteiger partial charge is 0.0621 e. The molecule has 1 saturated heterocycles. The van der Waals surface area contributed by atoms with Gasteiger partial charge in [0, 0.05) is 31.8 Å². The van der Waals surface area contributed by atoms with Crippen LogP contribution >= 0.6 is 0 Å². The molecule has 2 aliphatic rings. The minimum Gasteiger partial charge on any atom is -0.380 e. The molecule has 0 radical (unpaired) electrons. The Morgan fingerprint density at radius 1 is 1.23 bits per heavy atom. The molecule has 0 aromatic heterocycles. The monoisotopic (exact) mass is 184 g/mol. The Labute approximate surface area is 80.2 Å². The summed E-state index contributed by atoms with van der Waals surface area (Å²) in [5, 5.41) is 0. The first-order valence-corrected chi connectivity index (χ1v) is 5.45. The minimum absolute atomic E-state index is 0.657. The van der Waals surface area contributed by atoms with E-state index in [1.807, 2.05) is 0 Å². The largest absolute Gasteiger partial charge is 0.380 e. The van der Waals surface area contributed by atoms with E-state index in [0.717, 1.165) is 32.3 Å². The molecule has 3 nitrogen and oxygen atoms in total. The van der Waals surface area contributed by atoms with Crippen LogP contribution in [0.4, 0.5) is 0 Å². The van der Waals surface area contributed by atoms with Gasteiger partial charge in [0.2, 0.25) is 0 Å². The summed E-state index contributed by atoms with van der Waals surface area (Å²) >= 11 is 0. The summed E-state index contributed by atoms with van der Waals surface area (Å²) < 4.78 is 5.50. The number of nitrogens with zero attached hydrogens (tertiary/aromatic N) is 1. The predicted molar refractivity (Wildman–Crippen MR) is 52.6 cm³/mol. The molecule has 13 heavy (non-hydrogen) atoms. The Balaban J connectivity index is 1.84. The predicted octanol–water partition coefficient (Wildman–Crippen LogP) is 0.588. The van der Waals surface area contributed by atoms with Crippen LogP contribution in [0.5, 0.6) is 0 Å². The molecule has 0 aromatic rings. The van der Waals surface area contributed by atoms with Crippen molar-refractivity contribution in [3.05, 3.63) is 0 Å². The lowest BCUT2D eigenvalue weighted by Crippen LogP contribution is -2.44. The molecular formula is C10H20N2O. The third kappa shape index (κ3) is 2.42. The van der Waals surface area contributed by atoms with Crippen LogP contribution in [0.15, 0.2) is 0 Å². The van der Waals surface area contributed by atoms with Crippen molar-refractivity contribution in [1.29, 1.82) is 0 Å². The number of rotatable bonds is 4. The number of nitrogens with two attached hydrogens (primary N) is 1. The molecule has 0 spiro atoms. The van der Waals surface area contributed by atoms with Gasteiger partial charge in [-0.15, -0.1) is 0 Å². The molecule has 1 aliphatic carbocycles. The molecule has 1 aliphatic heterocycles. The molecule has 2 rings (SSSR count). The van der Waals surface area contributed by atoms with E-state index >= 15 is 0 Å². The Morgan fingerprint density at radius 3 is 2.62 bits per heavy atom. The van der Waals surface area contributed by atoms with E-state index < -0.39 is 0 Å². The fraction of sp³-hybridized carbons (Fsp3) is 1.00. The first-order valence-electron chi connectivity index (χ1n) is 5.45. The van der Waals surface area contributed by atoms with Crippen molar-refractivity contribution in [2.45, 2.75) is 37.8 Å². The second-order valence-corrected chi connectivity index (χ2v) is 4.13. The Morgan fingerprint density at radius 2 is 2.08 bits per heavy atom. The highest BCUT2D eigenvalue weighted by atomic mass is 16.5. The quantitative estimate of drug-likeness (QED) is 0.695. The zero-order valence-corrected chi connectivity index (χ0v) is 8.24. The van der Waals surface area contributed by atoms with Crippen LogP contribution in [0.1, 0.15) is 25.7 Å². The van der Waals surface area contributed by atoms with Crippen molar-refractivity contribution in [2.75, 3.05) is 26.3 Å². The average molecular weight is 184 g/mol. The van der Waals surface area contributed by atoms with E-state index in [-0.39, 0.29) is 0 Å². The highest BCUT2D eigenvalue weighted by molar-refractivity contribution is 4.89. The third-order valence-corrected chi connectivity index (χ3v) is 3.01. The highest BCUT2D eigenvalue weighted by Crippen LogP contribution is 2.30. The van der Waals surface area contributed by atoms with E-state index in [9.17, 15) is 0 Å². The van der Waals surface area contributed by atoms with Crippen molar-refractivity contribution < 1.29 is 4.74 Å². The molecule has 1 saturated carbocycles. The van der Waals surface area contributed by atoms with Gasteiger partial charge in [-0.2, -0.15) is 0 Å². The molecule has 1 unspecified atom stereocenters. The molecule has 2 N–H and O–H groups in total. The van der Waals surface area contributed by atoms with Gasteiger partial charge in [-0.1, -0.05) is 0 Å². The van der Waals surface area contributed by atoms with Gasteiger partial charge in [0.1, 0.15) is 0 Å². The molecular weight excluding hydrogens is 164 g/mol. The molecule has 2 fully saturated rings. The molecule has 0 aromatic carbocycles. The maximum absolute atomic E-state index is 5.62. The van der Waals surface area contributed by atoms with Crippen molar-refractivity contribution in [2.24, 2.45) is 5.73 Å². The summed E-state index contributed by atoms with van der Waals surface area (Å²) in [4.78, 5) is 2.57. The fourth-order valence-electron chi connectivity index (χ4n) is 2.20. The molecule has 0 bridgehead atoms. The lowest BCUT2D eigenvalue weighted by Gasteiger charge is -2.33. The first-order chi connectivity index (χ1) is 6.42. The summed E-state index contributed by atoms with van der Waals surface area (Å²) in [6.07, 6.45) is 5.27.